The van der Waals surface area contributed by atoms with E-state index in [1.165, 1.54) is 0 Å². The Kier molecular flexibility index (Phi) is 8.35. The number of carbonyl (C=O) groups excluding carboxylic acids is 3. The average molecular weight is 544 g/mol. The Hall–Kier alpha value is -2.68. The number of hydrogen-bond acceptors (Lipinski definition) is 5. The molecule has 38 heavy (non-hydrogen) atoms. The smallest absolute Gasteiger partial charge is 0.253 e. The summed E-state index contributed by atoms with van der Waals surface area (Å²) in [5.41, 5.74) is -0.539. The lowest BCUT2D eigenvalue weighted by Gasteiger charge is -2.40. The van der Waals surface area contributed by atoms with Gasteiger partial charge in [0.15, 0.2) is 0 Å². The number of likely N-dealkylation sites (N-methyl/N-ethyl adjacent to an activating group) is 1. The minimum Gasteiger partial charge on any atom is -0.394 e. The van der Waals surface area contributed by atoms with E-state index in [9.17, 15) is 19.5 Å². The number of rotatable bonds is 11. The SMILES string of the molecule is C=CCN(C)C(=O)[C@@H]1[C@H]2C(=O)N([C@@H](CO)[C@@H](C)CC)C(C(=O)N(CC=C)c3ccc(Cl)cc3)C23CC[C@H]1O3. The van der Waals surface area contributed by atoms with Gasteiger partial charge in [-0.3, -0.25) is 14.4 Å². The van der Waals surface area contributed by atoms with Gasteiger partial charge in [-0.25, -0.2) is 0 Å². The fourth-order valence-electron chi connectivity index (χ4n) is 6.58. The van der Waals surface area contributed by atoms with Crippen molar-refractivity contribution in [1.82, 2.24) is 9.80 Å². The second kappa shape index (κ2) is 11.2. The number of anilines is 1. The van der Waals surface area contributed by atoms with E-state index in [1.807, 2.05) is 13.8 Å². The number of carbonyl (C=O) groups is 3. The molecule has 0 aromatic heterocycles. The minimum absolute atomic E-state index is 0.0762. The first kappa shape index (κ1) is 28.3. The Morgan fingerprint density at radius 2 is 1.89 bits per heavy atom. The van der Waals surface area contributed by atoms with Crippen LogP contribution in [0.3, 0.4) is 0 Å². The number of hydrogen-bond donors (Lipinski definition) is 1. The van der Waals surface area contributed by atoms with E-state index in [1.54, 1.807) is 58.2 Å². The van der Waals surface area contributed by atoms with Crippen molar-refractivity contribution in [3.05, 3.63) is 54.6 Å². The maximum atomic E-state index is 14.5. The van der Waals surface area contributed by atoms with Crippen LogP contribution in [-0.4, -0.2) is 83.2 Å². The molecule has 1 aromatic carbocycles. The summed E-state index contributed by atoms with van der Waals surface area (Å²) in [6, 6.07) is 5.33. The Balaban J connectivity index is 1.83. The van der Waals surface area contributed by atoms with Crippen molar-refractivity contribution in [3.63, 3.8) is 0 Å². The van der Waals surface area contributed by atoms with Crippen molar-refractivity contribution in [2.45, 2.75) is 56.9 Å². The number of aliphatic hydroxyl groups is 1. The lowest BCUT2D eigenvalue weighted by Crippen LogP contribution is -2.60. The lowest BCUT2D eigenvalue weighted by atomic mass is 9.70. The molecular weight excluding hydrogens is 506 g/mol. The van der Waals surface area contributed by atoms with Gasteiger partial charge < -0.3 is 24.5 Å². The third kappa shape index (κ3) is 4.46. The molecule has 3 saturated heterocycles. The van der Waals surface area contributed by atoms with Crippen LogP contribution in [0, 0.1) is 17.8 Å². The van der Waals surface area contributed by atoms with E-state index in [4.69, 9.17) is 16.3 Å². The molecule has 7 atom stereocenters. The van der Waals surface area contributed by atoms with Crippen LogP contribution < -0.4 is 4.90 Å². The monoisotopic (exact) mass is 543 g/mol. The Labute approximate surface area is 229 Å². The summed E-state index contributed by atoms with van der Waals surface area (Å²) in [6.07, 6.45) is 4.59. The predicted molar refractivity (Wildman–Crippen MR) is 147 cm³/mol. The molecule has 1 aromatic rings. The van der Waals surface area contributed by atoms with Crippen LogP contribution in [0.15, 0.2) is 49.6 Å². The fourth-order valence-corrected chi connectivity index (χ4v) is 6.71. The molecular formula is C29H38ClN3O5. The molecule has 1 spiro atoms. The van der Waals surface area contributed by atoms with Crippen molar-refractivity contribution in [3.8, 4) is 0 Å². The summed E-state index contributed by atoms with van der Waals surface area (Å²) in [5.74, 6) is -2.38. The van der Waals surface area contributed by atoms with E-state index in [2.05, 4.69) is 13.2 Å². The van der Waals surface area contributed by atoms with Gasteiger partial charge in [-0.15, -0.1) is 13.2 Å². The van der Waals surface area contributed by atoms with Gasteiger partial charge in [-0.05, 0) is 43.0 Å². The van der Waals surface area contributed by atoms with E-state index in [-0.39, 0.29) is 36.8 Å². The number of benzene rings is 1. The fraction of sp³-hybridized carbons (Fsp3) is 0.552. The van der Waals surface area contributed by atoms with Crippen LogP contribution in [0.25, 0.3) is 0 Å². The molecule has 3 amide bonds. The largest absolute Gasteiger partial charge is 0.394 e. The van der Waals surface area contributed by atoms with E-state index >= 15 is 0 Å². The molecule has 0 saturated carbocycles. The summed E-state index contributed by atoms with van der Waals surface area (Å²) in [4.78, 5) is 47.1. The number of amides is 3. The van der Waals surface area contributed by atoms with Gasteiger partial charge in [-0.2, -0.15) is 0 Å². The topological polar surface area (TPSA) is 90.4 Å². The predicted octanol–water partition coefficient (Wildman–Crippen LogP) is 3.29. The van der Waals surface area contributed by atoms with E-state index in [0.717, 1.165) is 0 Å². The van der Waals surface area contributed by atoms with Crippen LogP contribution in [0.4, 0.5) is 5.69 Å². The summed E-state index contributed by atoms with van der Waals surface area (Å²) in [7, 11) is 1.69. The number of fused-ring (bicyclic) bond motifs is 1. The maximum absolute atomic E-state index is 14.5. The highest BCUT2D eigenvalue weighted by molar-refractivity contribution is 6.30. The number of nitrogens with zero attached hydrogens (tertiary/aromatic N) is 3. The number of ether oxygens (including phenoxy) is 1. The van der Waals surface area contributed by atoms with Gasteiger partial charge in [0.25, 0.3) is 5.91 Å². The molecule has 2 bridgehead atoms. The second-order valence-corrected chi connectivity index (χ2v) is 11.1. The summed E-state index contributed by atoms with van der Waals surface area (Å²) in [5, 5.41) is 11.0. The maximum Gasteiger partial charge on any atom is 0.253 e. The minimum atomic E-state index is -1.15. The first-order valence-electron chi connectivity index (χ1n) is 13.3. The molecule has 2 unspecified atom stereocenters. The molecule has 8 nitrogen and oxygen atoms in total. The molecule has 3 fully saturated rings. The second-order valence-electron chi connectivity index (χ2n) is 10.7. The summed E-state index contributed by atoms with van der Waals surface area (Å²) in [6.45, 7) is 11.8. The molecule has 4 rings (SSSR count). The van der Waals surface area contributed by atoms with Crippen LogP contribution in [0.5, 0.6) is 0 Å². The number of likely N-dealkylation sites (tertiary alicyclic amines) is 1. The molecule has 0 radical (unpaired) electrons. The first-order chi connectivity index (χ1) is 18.2. The van der Waals surface area contributed by atoms with Gasteiger partial charge in [0.2, 0.25) is 11.8 Å². The lowest BCUT2D eigenvalue weighted by molar-refractivity contribution is -0.148. The van der Waals surface area contributed by atoms with E-state index < -0.39 is 35.6 Å². The Bertz CT molecular complexity index is 1090. The van der Waals surface area contributed by atoms with Crippen LogP contribution >= 0.6 is 11.6 Å². The van der Waals surface area contributed by atoms with Gasteiger partial charge in [-0.1, -0.05) is 44.0 Å². The zero-order valence-corrected chi connectivity index (χ0v) is 23.1. The zero-order chi connectivity index (χ0) is 27.8. The average Bonchev–Trinajstić information content (AvgIpc) is 3.55. The molecule has 0 aliphatic carbocycles. The molecule has 3 aliphatic heterocycles. The van der Waals surface area contributed by atoms with Crippen molar-refractivity contribution in [1.29, 1.82) is 0 Å². The van der Waals surface area contributed by atoms with Crippen molar-refractivity contribution in [2.24, 2.45) is 17.8 Å². The van der Waals surface area contributed by atoms with E-state index in [0.29, 0.717) is 36.5 Å². The quantitative estimate of drug-likeness (QED) is 0.433. The van der Waals surface area contributed by atoms with Crippen molar-refractivity contribution < 1.29 is 24.2 Å². The van der Waals surface area contributed by atoms with Gasteiger partial charge in [0.05, 0.1) is 30.6 Å². The molecule has 3 heterocycles. The number of halogens is 1. The highest BCUT2D eigenvalue weighted by Gasteiger charge is 2.75. The van der Waals surface area contributed by atoms with Gasteiger partial charge >= 0.3 is 0 Å². The van der Waals surface area contributed by atoms with Crippen molar-refractivity contribution in [2.75, 3.05) is 31.6 Å². The van der Waals surface area contributed by atoms with Crippen LogP contribution in [-0.2, 0) is 19.1 Å². The zero-order valence-electron chi connectivity index (χ0n) is 22.4. The third-order valence-electron chi connectivity index (χ3n) is 8.60. The highest BCUT2D eigenvalue weighted by Crippen LogP contribution is 2.59. The van der Waals surface area contributed by atoms with Gasteiger partial charge in [0, 0.05) is 30.8 Å². The third-order valence-corrected chi connectivity index (χ3v) is 8.85. The molecule has 1 N–H and O–H groups in total. The standard InChI is InChI=1S/C29H38ClN3O5/c1-6-15-31(5)26(35)23-22-13-14-29(38-22)24(23)27(36)33(21(17-34)18(4)8-3)25(29)28(37)32(16-7-2)20-11-9-19(30)10-12-20/h6-7,9-12,18,21-25,34H,1-2,8,13-17H2,3-5H3/t18-,21-,22+,23-,24-,25?,29?/m0/s1. The summed E-state index contributed by atoms with van der Waals surface area (Å²) >= 11 is 6.10. The highest BCUT2D eigenvalue weighted by atomic mass is 35.5. The van der Waals surface area contributed by atoms with Crippen molar-refractivity contribution >= 4 is 35.0 Å². The van der Waals surface area contributed by atoms with Gasteiger partial charge in [0.1, 0.15) is 11.6 Å². The van der Waals surface area contributed by atoms with Crippen LogP contribution in [0.1, 0.15) is 33.1 Å². The molecule has 9 heteroatoms. The first-order valence-corrected chi connectivity index (χ1v) is 13.7. The summed E-state index contributed by atoms with van der Waals surface area (Å²) < 4.78 is 6.56. The Morgan fingerprint density at radius 1 is 1.24 bits per heavy atom. The van der Waals surface area contributed by atoms with Crippen LogP contribution in [0.2, 0.25) is 5.02 Å². The Morgan fingerprint density at radius 3 is 2.47 bits per heavy atom. The molecule has 3 aliphatic rings. The molecule has 206 valence electrons. The normalized spacial score (nSPS) is 29.1. The number of aliphatic hydroxyl groups excluding tert-OH is 1.